The van der Waals surface area contributed by atoms with Crippen LogP contribution in [0.15, 0.2) is 76.5 Å². The van der Waals surface area contributed by atoms with E-state index in [9.17, 15) is 26.0 Å². The molecule has 0 radical (unpaired) electrons. The third-order valence-corrected chi connectivity index (χ3v) is 7.63. The SMILES string of the molecule is CNS(=O)(=O)c1ccc(CNC(=O)c2cc(S(=O)(=O)Nc3ccccc3F)ccc2C)cc1. The Bertz CT molecular complexity index is 1390. The molecule has 3 N–H and O–H groups in total. The smallest absolute Gasteiger partial charge is 0.262 e. The van der Waals surface area contributed by atoms with Gasteiger partial charge in [-0.05, 0) is 61.5 Å². The molecule has 0 heterocycles. The van der Waals surface area contributed by atoms with Gasteiger partial charge >= 0.3 is 0 Å². The highest BCUT2D eigenvalue weighted by Crippen LogP contribution is 2.21. The molecule has 0 unspecified atom stereocenters. The number of anilines is 1. The van der Waals surface area contributed by atoms with Gasteiger partial charge in [-0.2, -0.15) is 0 Å². The minimum Gasteiger partial charge on any atom is -0.348 e. The lowest BCUT2D eigenvalue weighted by atomic mass is 10.1. The Labute approximate surface area is 192 Å². The molecule has 0 aliphatic carbocycles. The quantitative estimate of drug-likeness (QED) is 0.447. The van der Waals surface area contributed by atoms with Crippen LogP contribution in [0.2, 0.25) is 0 Å². The third-order valence-electron chi connectivity index (χ3n) is 4.84. The lowest BCUT2D eigenvalue weighted by Crippen LogP contribution is -2.24. The van der Waals surface area contributed by atoms with Crippen LogP contribution in [0.4, 0.5) is 10.1 Å². The van der Waals surface area contributed by atoms with Gasteiger partial charge < -0.3 is 5.32 Å². The normalized spacial score (nSPS) is 11.7. The summed E-state index contributed by atoms with van der Waals surface area (Å²) in [5.74, 6) is -1.23. The number of aryl methyl sites for hydroxylation is 1. The van der Waals surface area contributed by atoms with Crippen molar-refractivity contribution in [3.63, 3.8) is 0 Å². The average Bonchev–Trinajstić information content (AvgIpc) is 2.79. The van der Waals surface area contributed by atoms with Gasteiger partial charge in [-0.25, -0.2) is 25.9 Å². The minimum atomic E-state index is -4.13. The van der Waals surface area contributed by atoms with Crippen LogP contribution < -0.4 is 14.8 Å². The summed E-state index contributed by atoms with van der Waals surface area (Å²) in [4.78, 5) is 12.6. The molecular formula is C22H22FN3O5S2. The first-order valence-electron chi connectivity index (χ1n) is 9.72. The topological polar surface area (TPSA) is 121 Å². The fourth-order valence-corrected chi connectivity index (χ4v) is 4.77. The number of carbonyl (C=O) groups is 1. The van der Waals surface area contributed by atoms with Crippen LogP contribution in [0, 0.1) is 12.7 Å². The Balaban J connectivity index is 1.76. The van der Waals surface area contributed by atoms with E-state index in [0.29, 0.717) is 11.1 Å². The Hall–Kier alpha value is -3.28. The zero-order valence-electron chi connectivity index (χ0n) is 17.8. The number of nitrogens with one attached hydrogen (secondary N) is 3. The van der Waals surface area contributed by atoms with Gasteiger partial charge in [0.05, 0.1) is 15.5 Å². The molecule has 0 aliphatic rings. The van der Waals surface area contributed by atoms with Crippen molar-refractivity contribution in [2.24, 2.45) is 0 Å². The van der Waals surface area contributed by atoms with Crippen molar-refractivity contribution in [3.8, 4) is 0 Å². The predicted octanol–water partition coefficient (Wildman–Crippen LogP) is 2.77. The summed E-state index contributed by atoms with van der Waals surface area (Å²) in [6.45, 7) is 1.76. The fraction of sp³-hybridized carbons (Fsp3) is 0.136. The summed E-state index contributed by atoms with van der Waals surface area (Å²) in [5, 5.41) is 2.69. The van der Waals surface area contributed by atoms with E-state index in [1.165, 1.54) is 55.6 Å². The molecule has 33 heavy (non-hydrogen) atoms. The summed E-state index contributed by atoms with van der Waals surface area (Å²) in [5.41, 5.74) is 1.14. The second kappa shape index (κ2) is 9.69. The molecule has 0 bridgehead atoms. The third kappa shape index (κ3) is 5.75. The molecule has 11 heteroatoms. The van der Waals surface area contributed by atoms with E-state index in [0.717, 1.165) is 6.07 Å². The number of halogens is 1. The zero-order valence-corrected chi connectivity index (χ0v) is 19.4. The molecule has 3 rings (SSSR count). The summed E-state index contributed by atoms with van der Waals surface area (Å²) in [6, 6.07) is 15.4. The highest BCUT2D eigenvalue weighted by atomic mass is 32.2. The van der Waals surface area contributed by atoms with Crippen LogP contribution in [0.25, 0.3) is 0 Å². The highest BCUT2D eigenvalue weighted by Gasteiger charge is 2.19. The second-order valence-electron chi connectivity index (χ2n) is 7.10. The minimum absolute atomic E-state index is 0.0937. The van der Waals surface area contributed by atoms with E-state index in [4.69, 9.17) is 0 Å². The number of hydrogen-bond acceptors (Lipinski definition) is 5. The van der Waals surface area contributed by atoms with Gasteiger partial charge in [0.1, 0.15) is 5.82 Å². The van der Waals surface area contributed by atoms with Gasteiger partial charge in [0.15, 0.2) is 0 Å². The van der Waals surface area contributed by atoms with Gasteiger partial charge in [0, 0.05) is 12.1 Å². The molecule has 174 valence electrons. The van der Waals surface area contributed by atoms with Gasteiger partial charge in [0.2, 0.25) is 10.0 Å². The largest absolute Gasteiger partial charge is 0.348 e. The van der Waals surface area contributed by atoms with E-state index < -0.39 is 31.8 Å². The molecule has 3 aromatic rings. The van der Waals surface area contributed by atoms with Crippen molar-refractivity contribution < 1.29 is 26.0 Å². The van der Waals surface area contributed by atoms with E-state index in [-0.39, 0.29) is 27.6 Å². The van der Waals surface area contributed by atoms with E-state index in [2.05, 4.69) is 14.8 Å². The van der Waals surface area contributed by atoms with Crippen molar-refractivity contribution >= 4 is 31.6 Å². The molecule has 0 saturated heterocycles. The molecule has 0 aliphatic heterocycles. The number of benzene rings is 3. The number of rotatable bonds is 8. The summed E-state index contributed by atoms with van der Waals surface area (Å²) in [6.07, 6.45) is 0. The Kier molecular flexibility index (Phi) is 7.15. The van der Waals surface area contributed by atoms with Crippen LogP contribution in [-0.4, -0.2) is 29.8 Å². The van der Waals surface area contributed by atoms with Crippen LogP contribution in [-0.2, 0) is 26.6 Å². The van der Waals surface area contributed by atoms with Crippen LogP contribution >= 0.6 is 0 Å². The highest BCUT2D eigenvalue weighted by molar-refractivity contribution is 7.92. The van der Waals surface area contributed by atoms with E-state index >= 15 is 0 Å². The summed E-state index contributed by atoms with van der Waals surface area (Å²) in [7, 11) is -6.38. The first kappa shape index (κ1) is 24.4. The van der Waals surface area contributed by atoms with Crippen LogP contribution in [0.3, 0.4) is 0 Å². The first-order chi connectivity index (χ1) is 15.5. The van der Waals surface area contributed by atoms with Crippen LogP contribution in [0.1, 0.15) is 21.5 Å². The molecule has 0 spiro atoms. The van der Waals surface area contributed by atoms with E-state index in [1.54, 1.807) is 19.1 Å². The number of amides is 1. The van der Waals surface area contributed by atoms with Gasteiger partial charge in [-0.15, -0.1) is 0 Å². The molecule has 8 nitrogen and oxygen atoms in total. The van der Waals surface area contributed by atoms with Gasteiger partial charge in [0.25, 0.3) is 15.9 Å². The molecule has 0 atom stereocenters. The first-order valence-corrected chi connectivity index (χ1v) is 12.7. The molecule has 0 saturated carbocycles. The standard InChI is InChI=1S/C22H22FN3O5S2/c1-15-7-10-18(33(30,31)26-21-6-4-3-5-20(21)23)13-19(15)22(27)25-14-16-8-11-17(12-9-16)32(28,29)24-2/h3-13,24,26H,14H2,1-2H3,(H,25,27). The molecule has 0 aromatic heterocycles. The summed E-state index contributed by atoms with van der Waals surface area (Å²) >= 11 is 0. The van der Waals surface area contributed by atoms with Gasteiger partial charge in [-0.3, -0.25) is 9.52 Å². The average molecular weight is 492 g/mol. The Morgan fingerprint density at radius 3 is 2.15 bits per heavy atom. The van der Waals surface area contributed by atoms with Crippen molar-refractivity contribution in [3.05, 3.63) is 89.2 Å². The number of para-hydroxylation sites is 1. The van der Waals surface area contributed by atoms with Gasteiger partial charge in [-0.1, -0.05) is 30.3 Å². The van der Waals surface area contributed by atoms with Crippen LogP contribution in [0.5, 0.6) is 0 Å². The number of hydrogen-bond donors (Lipinski definition) is 3. The van der Waals surface area contributed by atoms with Crippen molar-refractivity contribution in [2.75, 3.05) is 11.8 Å². The Morgan fingerprint density at radius 2 is 1.52 bits per heavy atom. The monoisotopic (exact) mass is 491 g/mol. The molecule has 1 amide bonds. The predicted molar refractivity (Wildman–Crippen MR) is 122 cm³/mol. The molecule has 0 fully saturated rings. The lowest BCUT2D eigenvalue weighted by Gasteiger charge is -2.12. The fourth-order valence-electron chi connectivity index (χ4n) is 2.94. The van der Waals surface area contributed by atoms with Crippen molar-refractivity contribution in [1.29, 1.82) is 0 Å². The number of carbonyl (C=O) groups excluding carboxylic acids is 1. The Morgan fingerprint density at radius 1 is 0.879 bits per heavy atom. The molecular weight excluding hydrogens is 469 g/mol. The maximum atomic E-state index is 13.9. The van der Waals surface area contributed by atoms with E-state index in [1.807, 2.05) is 0 Å². The second-order valence-corrected chi connectivity index (χ2v) is 10.7. The molecule has 3 aromatic carbocycles. The maximum Gasteiger partial charge on any atom is 0.262 e. The maximum absolute atomic E-state index is 13.9. The number of sulfonamides is 2. The lowest BCUT2D eigenvalue weighted by molar-refractivity contribution is 0.0950. The van der Waals surface area contributed by atoms with Crippen molar-refractivity contribution in [1.82, 2.24) is 10.0 Å². The van der Waals surface area contributed by atoms with Crippen molar-refractivity contribution in [2.45, 2.75) is 23.3 Å². The summed E-state index contributed by atoms with van der Waals surface area (Å²) < 4.78 is 67.2. The zero-order chi connectivity index (χ0) is 24.2.